The zero-order valence-corrected chi connectivity index (χ0v) is 15.6. The number of nitrogens with one attached hydrogen (secondary N) is 2. The van der Waals surface area contributed by atoms with E-state index in [0.29, 0.717) is 30.8 Å². The van der Waals surface area contributed by atoms with E-state index in [1.165, 1.54) is 0 Å². The molecular formula is C22H26N2O3. The fourth-order valence-corrected chi connectivity index (χ4v) is 2.49. The smallest absolute Gasteiger partial charge is 0.253 e. The minimum absolute atomic E-state index is 0.220. The van der Waals surface area contributed by atoms with Gasteiger partial charge in [-0.15, -0.1) is 6.58 Å². The van der Waals surface area contributed by atoms with Crippen LogP contribution in [0.3, 0.4) is 0 Å². The van der Waals surface area contributed by atoms with E-state index in [0.717, 1.165) is 12.0 Å². The van der Waals surface area contributed by atoms with E-state index in [4.69, 9.17) is 4.74 Å². The van der Waals surface area contributed by atoms with Crippen molar-refractivity contribution in [3.63, 3.8) is 0 Å². The molecule has 0 aliphatic carbocycles. The number of para-hydroxylation sites is 1. The highest BCUT2D eigenvalue weighted by atomic mass is 16.5. The summed E-state index contributed by atoms with van der Waals surface area (Å²) in [6.45, 7) is 6.25. The van der Waals surface area contributed by atoms with Gasteiger partial charge in [-0.25, -0.2) is 0 Å². The van der Waals surface area contributed by atoms with Crippen molar-refractivity contribution in [2.75, 3.05) is 18.5 Å². The largest absolute Gasteiger partial charge is 0.368 e. The molecular weight excluding hydrogens is 340 g/mol. The SMILES string of the molecule is C=CCCOC(C)C(=O)Nc1ccccc1C(=O)NCCc1ccccc1. The summed E-state index contributed by atoms with van der Waals surface area (Å²) in [5.74, 6) is -0.509. The van der Waals surface area contributed by atoms with Crippen molar-refractivity contribution in [1.29, 1.82) is 0 Å². The highest BCUT2D eigenvalue weighted by Crippen LogP contribution is 2.15. The van der Waals surface area contributed by atoms with Crippen LogP contribution in [0.5, 0.6) is 0 Å². The average molecular weight is 366 g/mol. The van der Waals surface area contributed by atoms with Crippen LogP contribution in [0.15, 0.2) is 67.3 Å². The number of carbonyl (C=O) groups excluding carboxylic acids is 2. The maximum absolute atomic E-state index is 12.5. The predicted octanol–water partition coefficient (Wildman–Crippen LogP) is 3.58. The lowest BCUT2D eigenvalue weighted by molar-refractivity contribution is -0.126. The van der Waals surface area contributed by atoms with Crippen LogP contribution in [0.4, 0.5) is 5.69 Å². The van der Waals surface area contributed by atoms with E-state index in [2.05, 4.69) is 17.2 Å². The predicted molar refractivity (Wildman–Crippen MR) is 108 cm³/mol. The number of hydrogen-bond acceptors (Lipinski definition) is 3. The number of carbonyl (C=O) groups is 2. The van der Waals surface area contributed by atoms with Crippen molar-refractivity contribution in [2.45, 2.75) is 25.9 Å². The third-order valence-electron chi connectivity index (χ3n) is 4.03. The number of amides is 2. The Morgan fingerprint density at radius 1 is 1.11 bits per heavy atom. The first-order chi connectivity index (χ1) is 13.1. The molecule has 0 radical (unpaired) electrons. The Bertz CT molecular complexity index is 759. The van der Waals surface area contributed by atoms with Crippen LogP contribution in [0.2, 0.25) is 0 Å². The molecule has 0 aliphatic heterocycles. The van der Waals surface area contributed by atoms with Crippen LogP contribution >= 0.6 is 0 Å². The number of anilines is 1. The first-order valence-electron chi connectivity index (χ1n) is 9.06. The summed E-state index contributed by atoms with van der Waals surface area (Å²) in [6, 6.07) is 16.9. The van der Waals surface area contributed by atoms with Crippen molar-refractivity contribution in [3.05, 3.63) is 78.4 Å². The Balaban J connectivity index is 1.92. The molecule has 27 heavy (non-hydrogen) atoms. The van der Waals surface area contributed by atoms with Crippen molar-refractivity contribution >= 4 is 17.5 Å². The fraction of sp³-hybridized carbons (Fsp3) is 0.273. The molecule has 142 valence electrons. The normalized spacial score (nSPS) is 11.4. The lowest BCUT2D eigenvalue weighted by Crippen LogP contribution is -2.30. The molecule has 2 aromatic carbocycles. The Hall–Kier alpha value is -2.92. The van der Waals surface area contributed by atoms with Gasteiger partial charge in [0.1, 0.15) is 6.10 Å². The summed E-state index contributed by atoms with van der Waals surface area (Å²) < 4.78 is 5.45. The second-order valence-corrected chi connectivity index (χ2v) is 6.12. The molecule has 1 atom stereocenters. The number of ether oxygens (including phenoxy) is 1. The second-order valence-electron chi connectivity index (χ2n) is 6.12. The quantitative estimate of drug-likeness (QED) is 0.499. The molecule has 2 N–H and O–H groups in total. The van der Waals surface area contributed by atoms with Crippen LogP contribution in [-0.2, 0) is 16.0 Å². The lowest BCUT2D eigenvalue weighted by atomic mass is 10.1. The summed E-state index contributed by atoms with van der Waals surface area (Å²) in [5.41, 5.74) is 2.06. The van der Waals surface area contributed by atoms with Gasteiger partial charge >= 0.3 is 0 Å². The van der Waals surface area contributed by atoms with Crippen molar-refractivity contribution in [3.8, 4) is 0 Å². The highest BCUT2D eigenvalue weighted by molar-refractivity contribution is 6.04. The molecule has 0 bridgehead atoms. The maximum atomic E-state index is 12.5. The van der Waals surface area contributed by atoms with Gasteiger partial charge in [-0.2, -0.15) is 0 Å². The van der Waals surface area contributed by atoms with Gasteiger partial charge < -0.3 is 15.4 Å². The van der Waals surface area contributed by atoms with Crippen molar-refractivity contribution in [1.82, 2.24) is 5.32 Å². The molecule has 0 heterocycles. The van der Waals surface area contributed by atoms with Gasteiger partial charge in [-0.1, -0.05) is 48.5 Å². The van der Waals surface area contributed by atoms with Gasteiger partial charge in [0.15, 0.2) is 0 Å². The minimum atomic E-state index is -0.612. The average Bonchev–Trinajstić information content (AvgIpc) is 2.69. The molecule has 2 amide bonds. The van der Waals surface area contributed by atoms with E-state index in [-0.39, 0.29) is 11.8 Å². The van der Waals surface area contributed by atoms with Gasteiger partial charge in [-0.3, -0.25) is 9.59 Å². The lowest BCUT2D eigenvalue weighted by Gasteiger charge is -2.15. The maximum Gasteiger partial charge on any atom is 0.253 e. The van der Waals surface area contributed by atoms with Crippen molar-refractivity contribution in [2.24, 2.45) is 0 Å². The molecule has 0 aromatic heterocycles. The van der Waals surface area contributed by atoms with Gasteiger partial charge in [0, 0.05) is 6.54 Å². The third kappa shape index (κ3) is 6.72. The van der Waals surface area contributed by atoms with E-state index in [1.807, 2.05) is 30.3 Å². The minimum Gasteiger partial charge on any atom is -0.368 e. The first-order valence-corrected chi connectivity index (χ1v) is 9.06. The topological polar surface area (TPSA) is 67.4 Å². The Morgan fingerprint density at radius 3 is 2.56 bits per heavy atom. The van der Waals surface area contributed by atoms with Crippen molar-refractivity contribution < 1.29 is 14.3 Å². The summed E-state index contributed by atoms with van der Waals surface area (Å²) >= 11 is 0. The zero-order valence-electron chi connectivity index (χ0n) is 15.6. The van der Waals surface area contributed by atoms with E-state index >= 15 is 0 Å². The summed E-state index contributed by atoms with van der Waals surface area (Å²) in [7, 11) is 0. The standard InChI is InChI=1S/C22H26N2O3/c1-3-4-16-27-17(2)21(25)24-20-13-9-8-12-19(20)22(26)23-15-14-18-10-6-5-7-11-18/h3,5-13,17H,1,4,14-16H2,2H3,(H,23,26)(H,24,25). The molecule has 0 fully saturated rings. The number of hydrogen-bond donors (Lipinski definition) is 2. The molecule has 0 aliphatic rings. The van der Waals surface area contributed by atoms with Gasteiger partial charge in [0.2, 0.25) is 0 Å². The summed E-state index contributed by atoms with van der Waals surface area (Å²) in [5, 5.41) is 5.68. The Morgan fingerprint density at radius 2 is 1.81 bits per heavy atom. The van der Waals surface area contributed by atoms with E-state index < -0.39 is 6.10 Å². The van der Waals surface area contributed by atoms with Crippen LogP contribution < -0.4 is 10.6 Å². The van der Waals surface area contributed by atoms with Gasteiger partial charge in [0.25, 0.3) is 11.8 Å². The molecule has 1 unspecified atom stereocenters. The first kappa shape index (κ1) is 20.4. The number of benzene rings is 2. The van der Waals surface area contributed by atoms with Gasteiger partial charge in [0.05, 0.1) is 17.9 Å². The van der Waals surface area contributed by atoms with Crippen LogP contribution in [0.25, 0.3) is 0 Å². The molecule has 2 rings (SSSR count). The third-order valence-corrected chi connectivity index (χ3v) is 4.03. The Kier molecular flexibility index (Phi) is 8.26. The summed E-state index contributed by atoms with van der Waals surface area (Å²) in [6.07, 6.45) is 2.55. The molecule has 5 nitrogen and oxygen atoms in total. The molecule has 0 saturated carbocycles. The van der Waals surface area contributed by atoms with Crippen LogP contribution in [-0.4, -0.2) is 31.1 Å². The zero-order chi connectivity index (χ0) is 19.5. The fourth-order valence-electron chi connectivity index (χ4n) is 2.49. The molecule has 0 saturated heterocycles. The monoisotopic (exact) mass is 366 g/mol. The van der Waals surface area contributed by atoms with Crippen LogP contribution in [0.1, 0.15) is 29.3 Å². The Labute approximate surface area is 160 Å². The molecule has 2 aromatic rings. The molecule has 0 spiro atoms. The van der Waals surface area contributed by atoms with E-state index in [1.54, 1.807) is 37.3 Å². The van der Waals surface area contributed by atoms with Gasteiger partial charge in [-0.05, 0) is 37.5 Å². The van der Waals surface area contributed by atoms with E-state index in [9.17, 15) is 9.59 Å². The second kappa shape index (κ2) is 10.9. The summed E-state index contributed by atoms with van der Waals surface area (Å²) in [4.78, 5) is 24.8. The number of rotatable bonds is 10. The molecule has 5 heteroatoms. The van der Waals surface area contributed by atoms with Crippen LogP contribution in [0, 0.1) is 0 Å². The highest BCUT2D eigenvalue weighted by Gasteiger charge is 2.17.